The first-order valence-corrected chi connectivity index (χ1v) is 8.17. The van der Waals surface area contributed by atoms with Gasteiger partial charge in [-0.3, -0.25) is 4.98 Å². The van der Waals surface area contributed by atoms with Crippen molar-refractivity contribution in [1.82, 2.24) is 10.3 Å². The number of nitrogens with zero attached hydrogens (tertiary/aromatic N) is 1. The molecule has 1 saturated heterocycles. The molecule has 2 heterocycles. The van der Waals surface area contributed by atoms with Crippen molar-refractivity contribution in [3.05, 3.63) is 30.1 Å². The number of hydrogen-bond acceptors (Lipinski definition) is 3. The fourth-order valence-electron chi connectivity index (χ4n) is 4.08. The smallest absolute Gasteiger partial charge is 0.0471 e. The van der Waals surface area contributed by atoms with E-state index < -0.39 is 0 Å². The first-order valence-electron chi connectivity index (χ1n) is 8.17. The van der Waals surface area contributed by atoms with Crippen molar-refractivity contribution in [3.63, 3.8) is 0 Å². The average molecular weight is 288 g/mol. The van der Waals surface area contributed by atoms with Crippen molar-refractivity contribution < 1.29 is 4.74 Å². The molecule has 0 atom stereocenters. The zero-order valence-corrected chi connectivity index (χ0v) is 13.6. The number of ether oxygens (including phenoxy) is 1. The molecule has 2 aliphatic rings. The molecule has 2 fully saturated rings. The van der Waals surface area contributed by atoms with Crippen molar-refractivity contribution in [2.75, 3.05) is 19.8 Å². The van der Waals surface area contributed by atoms with Crippen LogP contribution in [0.5, 0.6) is 0 Å². The van der Waals surface area contributed by atoms with Crippen LogP contribution in [0.2, 0.25) is 0 Å². The van der Waals surface area contributed by atoms with Gasteiger partial charge in [-0.25, -0.2) is 0 Å². The molecule has 1 aliphatic carbocycles. The molecule has 1 aliphatic heterocycles. The highest BCUT2D eigenvalue weighted by atomic mass is 16.5. The maximum Gasteiger partial charge on any atom is 0.0471 e. The molecule has 0 amide bonds. The van der Waals surface area contributed by atoms with E-state index in [9.17, 15) is 0 Å². The summed E-state index contributed by atoms with van der Waals surface area (Å²) in [7, 11) is 0. The van der Waals surface area contributed by atoms with Gasteiger partial charge in [-0.2, -0.15) is 0 Å². The van der Waals surface area contributed by atoms with Crippen molar-refractivity contribution in [1.29, 1.82) is 0 Å². The summed E-state index contributed by atoms with van der Waals surface area (Å²) in [5.74, 6) is 0. The minimum atomic E-state index is 0.160. The molecule has 3 nitrogen and oxygen atoms in total. The van der Waals surface area contributed by atoms with Crippen LogP contribution in [0.15, 0.2) is 24.5 Å². The largest absolute Gasteiger partial charge is 0.381 e. The second-order valence-corrected chi connectivity index (χ2v) is 8.09. The number of nitrogens with one attached hydrogen (secondary N) is 1. The molecule has 0 aromatic carbocycles. The van der Waals surface area contributed by atoms with E-state index in [1.54, 1.807) is 0 Å². The molecule has 116 valence electrons. The molecule has 3 rings (SSSR count). The van der Waals surface area contributed by atoms with Crippen LogP contribution in [-0.4, -0.2) is 30.3 Å². The van der Waals surface area contributed by atoms with Gasteiger partial charge in [0.05, 0.1) is 0 Å². The zero-order chi connectivity index (χ0) is 15.0. The lowest BCUT2D eigenvalue weighted by Gasteiger charge is -2.59. The van der Waals surface area contributed by atoms with E-state index in [1.165, 1.54) is 31.2 Å². The van der Waals surface area contributed by atoms with E-state index in [2.05, 4.69) is 49.4 Å². The van der Waals surface area contributed by atoms with E-state index in [-0.39, 0.29) is 11.0 Å². The lowest BCUT2D eigenvalue weighted by Crippen LogP contribution is -2.58. The average Bonchev–Trinajstić information content (AvgIpc) is 2.44. The van der Waals surface area contributed by atoms with Gasteiger partial charge >= 0.3 is 0 Å². The molecule has 1 saturated carbocycles. The maximum atomic E-state index is 5.56. The van der Waals surface area contributed by atoms with E-state index in [0.29, 0.717) is 5.41 Å². The Bertz CT molecular complexity index is 464. The molecule has 1 spiro atoms. The topological polar surface area (TPSA) is 34.2 Å². The van der Waals surface area contributed by atoms with Gasteiger partial charge < -0.3 is 10.1 Å². The van der Waals surface area contributed by atoms with Gasteiger partial charge in [0.15, 0.2) is 0 Å². The summed E-state index contributed by atoms with van der Waals surface area (Å²) in [5.41, 5.74) is 2.35. The number of aromatic nitrogens is 1. The summed E-state index contributed by atoms with van der Waals surface area (Å²) in [6.07, 6.45) is 8.94. The Morgan fingerprint density at radius 2 is 1.95 bits per heavy atom. The fourth-order valence-corrected chi connectivity index (χ4v) is 4.08. The van der Waals surface area contributed by atoms with Crippen LogP contribution in [-0.2, 0) is 10.2 Å². The van der Waals surface area contributed by atoms with Gasteiger partial charge in [0.2, 0.25) is 0 Å². The molecule has 1 aromatic heterocycles. The zero-order valence-electron chi connectivity index (χ0n) is 13.6. The van der Waals surface area contributed by atoms with Gasteiger partial charge in [-0.05, 0) is 63.5 Å². The predicted octanol–water partition coefficient (Wildman–Crippen LogP) is 3.30. The first kappa shape index (κ1) is 15.0. The Labute approximate surface area is 128 Å². The summed E-state index contributed by atoms with van der Waals surface area (Å²) in [6.45, 7) is 9.66. The van der Waals surface area contributed by atoms with Crippen LogP contribution in [0.25, 0.3) is 0 Å². The SMILES string of the molecule is CC(C)(C)NCC1(c2cccnc2)CC2(CCOCC2)C1. The summed E-state index contributed by atoms with van der Waals surface area (Å²) < 4.78 is 5.56. The van der Waals surface area contributed by atoms with Gasteiger partial charge in [0.25, 0.3) is 0 Å². The number of rotatable bonds is 3. The number of hydrogen-bond donors (Lipinski definition) is 1. The molecule has 3 heteroatoms. The Morgan fingerprint density at radius 3 is 2.52 bits per heavy atom. The molecule has 21 heavy (non-hydrogen) atoms. The summed E-state index contributed by atoms with van der Waals surface area (Å²) >= 11 is 0. The van der Waals surface area contributed by atoms with Crippen molar-refractivity contribution in [3.8, 4) is 0 Å². The number of pyridine rings is 1. The van der Waals surface area contributed by atoms with E-state index in [4.69, 9.17) is 4.74 Å². The monoisotopic (exact) mass is 288 g/mol. The third-order valence-corrected chi connectivity index (χ3v) is 5.21. The van der Waals surface area contributed by atoms with Crippen molar-refractivity contribution in [2.45, 2.75) is 57.4 Å². The highest BCUT2D eigenvalue weighted by Gasteiger charge is 2.55. The molecular formula is C18H28N2O. The summed E-state index contributed by atoms with van der Waals surface area (Å²) in [5, 5.41) is 3.73. The summed E-state index contributed by atoms with van der Waals surface area (Å²) in [6, 6.07) is 4.33. The normalized spacial score (nSPS) is 23.8. The molecular weight excluding hydrogens is 260 g/mol. The molecule has 0 bridgehead atoms. The van der Waals surface area contributed by atoms with E-state index in [0.717, 1.165) is 19.8 Å². The lowest BCUT2D eigenvalue weighted by atomic mass is 9.48. The van der Waals surface area contributed by atoms with Crippen molar-refractivity contribution >= 4 is 0 Å². The van der Waals surface area contributed by atoms with E-state index in [1.807, 2.05) is 6.20 Å². The molecule has 1 aromatic rings. The molecule has 1 N–H and O–H groups in total. The van der Waals surface area contributed by atoms with Gasteiger partial charge in [0.1, 0.15) is 0 Å². The second-order valence-electron chi connectivity index (χ2n) is 8.09. The van der Waals surface area contributed by atoms with Crippen LogP contribution in [0.4, 0.5) is 0 Å². The third kappa shape index (κ3) is 3.14. The quantitative estimate of drug-likeness (QED) is 0.926. The van der Waals surface area contributed by atoms with Gasteiger partial charge in [0, 0.05) is 43.1 Å². The minimum absolute atomic E-state index is 0.160. The summed E-state index contributed by atoms with van der Waals surface area (Å²) in [4.78, 5) is 4.36. The van der Waals surface area contributed by atoms with Gasteiger partial charge in [-0.15, -0.1) is 0 Å². The van der Waals surface area contributed by atoms with Crippen LogP contribution < -0.4 is 5.32 Å². The standard InChI is InChI=1S/C18H28N2O/c1-16(2,3)20-14-18(15-5-4-8-19-11-15)12-17(13-18)6-9-21-10-7-17/h4-5,8,11,20H,6-7,9-10,12-14H2,1-3H3. The minimum Gasteiger partial charge on any atom is -0.381 e. The van der Waals surface area contributed by atoms with Crippen LogP contribution >= 0.6 is 0 Å². The first-order chi connectivity index (χ1) is 9.93. The Kier molecular flexibility index (Phi) is 3.83. The van der Waals surface area contributed by atoms with Crippen molar-refractivity contribution in [2.24, 2.45) is 5.41 Å². The van der Waals surface area contributed by atoms with Gasteiger partial charge in [-0.1, -0.05) is 6.07 Å². The Morgan fingerprint density at radius 1 is 1.24 bits per heavy atom. The lowest BCUT2D eigenvalue weighted by molar-refractivity contribution is -0.0750. The second kappa shape index (κ2) is 5.36. The van der Waals surface area contributed by atoms with E-state index >= 15 is 0 Å². The molecule has 0 radical (unpaired) electrons. The Hall–Kier alpha value is -0.930. The predicted molar refractivity (Wildman–Crippen MR) is 85.4 cm³/mol. The highest BCUT2D eigenvalue weighted by molar-refractivity contribution is 5.29. The third-order valence-electron chi connectivity index (χ3n) is 5.21. The maximum absolute atomic E-state index is 5.56. The van der Waals surface area contributed by atoms with Crippen LogP contribution in [0, 0.1) is 5.41 Å². The van der Waals surface area contributed by atoms with Crippen LogP contribution in [0.3, 0.4) is 0 Å². The Balaban J connectivity index is 1.77. The molecule has 0 unspecified atom stereocenters. The highest BCUT2D eigenvalue weighted by Crippen LogP contribution is 2.60. The fraction of sp³-hybridized carbons (Fsp3) is 0.722. The van der Waals surface area contributed by atoms with Crippen LogP contribution in [0.1, 0.15) is 52.0 Å².